The number of nitrogens with one attached hydrogen (secondary N) is 1. The van der Waals surface area contributed by atoms with Crippen LogP contribution in [0, 0.1) is 12.8 Å². The van der Waals surface area contributed by atoms with Crippen LogP contribution in [0.5, 0.6) is 5.75 Å². The molecule has 1 aromatic rings. The van der Waals surface area contributed by atoms with Crippen molar-refractivity contribution in [2.24, 2.45) is 5.92 Å². The summed E-state index contributed by atoms with van der Waals surface area (Å²) in [6, 6.07) is 6.80. The third-order valence-corrected chi connectivity index (χ3v) is 3.72. The van der Waals surface area contributed by atoms with Gasteiger partial charge in [0.2, 0.25) is 5.91 Å². The molecule has 0 heterocycles. The summed E-state index contributed by atoms with van der Waals surface area (Å²) in [4.78, 5) is 23.6. The fourth-order valence-electron chi connectivity index (χ4n) is 2.66. The summed E-state index contributed by atoms with van der Waals surface area (Å²) in [5, 5.41) is 2.74. The molecule has 1 aromatic carbocycles. The number of benzene rings is 1. The van der Waals surface area contributed by atoms with E-state index < -0.39 is 6.04 Å². The lowest BCUT2D eigenvalue weighted by atomic mass is 9.98. The topological polar surface area (TPSA) is 55.4 Å². The molecule has 0 aliphatic heterocycles. The molecule has 1 saturated carbocycles. The molecule has 1 unspecified atom stereocenters. The molecule has 1 atom stereocenters. The molecular formula is C16H21NO3. The van der Waals surface area contributed by atoms with Crippen LogP contribution >= 0.6 is 0 Å². The number of hydrogen-bond acceptors (Lipinski definition) is 3. The molecule has 0 aromatic heterocycles. The van der Waals surface area contributed by atoms with E-state index in [0.717, 1.165) is 31.2 Å². The molecule has 1 amide bonds. The van der Waals surface area contributed by atoms with Crippen molar-refractivity contribution in [1.82, 2.24) is 5.32 Å². The van der Waals surface area contributed by atoms with Gasteiger partial charge in [-0.25, -0.2) is 4.79 Å². The molecule has 2 rings (SSSR count). The van der Waals surface area contributed by atoms with E-state index in [4.69, 9.17) is 4.74 Å². The predicted octanol–water partition coefficient (Wildman–Crippen LogP) is 2.60. The number of hydrogen-bond donors (Lipinski definition) is 1. The molecule has 1 N–H and O–H groups in total. The van der Waals surface area contributed by atoms with Crippen molar-refractivity contribution >= 4 is 11.9 Å². The number of carbonyl (C=O) groups is 2. The Kier molecular flexibility index (Phi) is 4.77. The quantitative estimate of drug-likeness (QED) is 0.679. The lowest BCUT2D eigenvalue weighted by Crippen LogP contribution is -2.46. The molecule has 0 bridgehead atoms. The molecule has 1 aliphatic rings. The lowest BCUT2D eigenvalue weighted by Gasteiger charge is -2.22. The Morgan fingerprint density at radius 2 is 1.80 bits per heavy atom. The molecule has 0 radical (unpaired) electrons. The number of aryl methyl sites for hydroxylation is 1. The number of amides is 1. The van der Waals surface area contributed by atoms with Gasteiger partial charge in [-0.2, -0.15) is 0 Å². The fourth-order valence-corrected chi connectivity index (χ4v) is 2.66. The zero-order valence-corrected chi connectivity index (χ0v) is 12.0. The SMILES string of the molecule is CC(=O)NC(C(=O)Oc1ccc(C)cc1)C1CCCC1. The van der Waals surface area contributed by atoms with Crippen molar-refractivity contribution in [1.29, 1.82) is 0 Å². The zero-order chi connectivity index (χ0) is 14.5. The number of carbonyl (C=O) groups excluding carboxylic acids is 2. The molecule has 108 valence electrons. The molecular weight excluding hydrogens is 254 g/mol. The summed E-state index contributed by atoms with van der Waals surface area (Å²) in [7, 11) is 0. The van der Waals surface area contributed by atoms with Gasteiger partial charge in [0.15, 0.2) is 0 Å². The molecule has 1 aliphatic carbocycles. The van der Waals surface area contributed by atoms with Crippen molar-refractivity contribution in [3.63, 3.8) is 0 Å². The third kappa shape index (κ3) is 3.83. The highest BCUT2D eigenvalue weighted by Gasteiger charge is 2.32. The molecule has 4 heteroatoms. The number of rotatable bonds is 4. The Morgan fingerprint density at radius 3 is 2.35 bits per heavy atom. The first-order valence-corrected chi connectivity index (χ1v) is 7.12. The Balaban J connectivity index is 2.05. The highest BCUT2D eigenvalue weighted by Crippen LogP contribution is 2.28. The van der Waals surface area contributed by atoms with Crippen LogP contribution in [0.4, 0.5) is 0 Å². The van der Waals surface area contributed by atoms with Crippen molar-refractivity contribution in [3.05, 3.63) is 29.8 Å². The Labute approximate surface area is 119 Å². The minimum atomic E-state index is -0.531. The van der Waals surface area contributed by atoms with E-state index in [1.165, 1.54) is 6.92 Å². The van der Waals surface area contributed by atoms with Gasteiger partial charge in [-0.3, -0.25) is 4.79 Å². The third-order valence-electron chi connectivity index (χ3n) is 3.72. The second kappa shape index (κ2) is 6.55. The Morgan fingerprint density at radius 1 is 1.20 bits per heavy atom. The first-order valence-electron chi connectivity index (χ1n) is 7.12. The van der Waals surface area contributed by atoms with E-state index in [1.807, 2.05) is 19.1 Å². The summed E-state index contributed by atoms with van der Waals surface area (Å²) >= 11 is 0. The van der Waals surface area contributed by atoms with E-state index in [0.29, 0.717) is 5.75 Å². The largest absolute Gasteiger partial charge is 0.425 e. The van der Waals surface area contributed by atoms with Gasteiger partial charge in [-0.15, -0.1) is 0 Å². The van der Waals surface area contributed by atoms with E-state index in [-0.39, 0.29) is 17.8 Å². The second-order valence-electron chi connectivity index (χ2n) is 5.46. The van der Waals surface area contributed by atoms with Crippen molar-refractivity contribution in [3.8, 4) is 5.75 Å². The van der Waals surface area contributed by atoms with Gasteiger partial charge < -0.3 is 10.1 Å². The normalized spacial score (nSPS) is 16.7. The fraction of sp³-hybridized carbons (Fsp3) is 0.500. The standard InChI is InChI=1S/C16H21NO3/c1-11-7-9-14(10-8-11)20-16(19)15(17-12(2)18)13-5-3-4-6-13/h7-10,13,15H,3-6H2,1-2H3,(H,17,18). The summed E-state index contributed by atoms with van der Waals surface area (Å²) in [6.45, 7) is 3.41. The predicted molar refractivity (Wildman–Crippen MR) is 76.4 cm³/mol. The van der Waals surface area contributed by atoms with Crippen molar-refractivity contribution in [2.45, 2.75) is 45.6 Å². The lowest BCUT2D eigenvalue weighted by molar-refractivity contribution is -0.140. The maximum Gasteiger partial charge on any atom is 0.334 e. The molecule has 4 nitrogen and oxygen atoms in total. The van der Waals surface area contributed by atoms with Crippen LogP contribution in [-0.4, -0.2) is 17.9 Å². The van der Waals surface area contributed by atoms with E-state index in [1.54, 1.807) is 12.1 Å². The maximum atomic E-state index is 12.3. The minimum absolute atomic E-state index is 0.192. The van der Waals surface area contributed by atoms with Crippen LogP contribution in [0.1, 0.15) is 38.2 Å². The van der Waals surface area contributed by atoms with Crippen LogP contribution in [-0.2, 0) is 9.59 Å². The summed E-state index contributed by atoms with van der Waals surface area (Å²) in [5.41, 5.74) is 1.11. The minimum Gasteiger partial charge on any atom is -0.425 e. The van der Waals surface area contributed by atoms with Crippen molar-refractivity contribution < 1.29 is 14.3 Å². The monoisotopic (exact) mass is 275 g/mol. The van der Waals surface area contributed by atoms with Crippen LogP contribution in [0.15, 0.2) is 24.3 Å². The summed E-state index contributed by atoms with van der Waals surface area (Å²) in [5.74, 6) is 0.157. The zero-order valence-electron chi connectivity index (χ0n) is 12.0. The van der Waals surface area contributed by atoms with Crippen LogP contribution in [0.25, 0.3) is 0 Å². The van der Waals surface area contributed by atoms with Gasteiger partial charge >= 0.3 is 5.97 Å². The van der Waals surface area contributed by atoms with Crippen LogP contribution in [0.3, 0.4) is 0 Å². The van der Waals surface area contributed by atoms with Gasteiger partial charge in [0, 0.05) is 6.92 Å². The van der Waals surface area contributed by atoms with Crippen molar-refractivity contribution in [2.75, 3.05) is 0 Å². The average molecular weight is 275 g/mol. The summed E-state index contributed by atoms with van der Waals surface area (Å²) in [6.07, 6.45) is 4.15. The van der Waals surface area contributed by atoms with E-state index >= 15 is 0 Å². The molecule has 0 saturated heterocycles. The van der Waals surface area contributed by atoms with Crippen LogP contribution < -0.4 is 10.1 Å². The van der Waals surface area contributed by atoms with Gasteiger partial charge in [0.05, 0.1) is 0 Å². The number of esters is 1. The average Bonchev–Trinajstić information content (AvgIpc) is 2.92. The van der Waals surface area contributed by atoms with Gasteiger partial charge in [-0.05, 0) is 37.8 Å². The first-order chi connectivity index (χ1) is 9.56. The second-order valence-corrected chi connectivity index (χ2v) is 5.46. The Bertz CT molecular complexity index is 475. The molecule has 0 spiro atoms. The molecule has 20 heavy (non-hydrogen) atoms. The summed E-state index contributed by atoms with van der Waals surface area (Å²) < 4.78 is 5.39. The van der Waals surface area contributed by atoms with Gasteiger partial charge in [-0.1, -0.05) is 30.5 Å². The maximum absolute atomic E-state index is 12.3. The smallest absolute Gasteiger partial charge is 0.334 e. The van der Waals surface area contributed by atoms with Gasteiger partial charge in [0.25, 0.3) is 0 Å². The van der Waals surface area contributed by atoms with Gasteiger partial charge in [0.1, 0.15) is 11.8 Å². The Hall–Kier alpha value is -1.84. The van der Waals surface area contributed by atoms with Crippen LogP contribution in [0.2, 0.25) is 0 Å². The first kappa shape index (κ1) is 14.6. The highest BCUT2D eigenvalue weighted by molar-refractivity contribution is 5.84. The number of ether oxygens (including phenoxy) is 1. The van der Waals surface area contributed by atoms with E-state index in [2.05, 4.69) is 5.32 Å². The van der Waals surface area contributed by atoms with E-state index in [9.17, 15) is 9.59 Å². The molecule has 1 fully saturated rings. The highest BCUT2D eigenvalue weighted by atomic mass is 16.5.